The minimum absolute atomic E-state index is 0.340. The van der Waals surface area contributed by atoms with E-state index in [4.69, 9.17) is 0 Å². The van der Waals surface area contributed by atoms with Crippen molar-refractivity contribution in [2.24, 2.45) is 0 Å². The van der Waals surface area contributed by atoms with Gasteiger partial charge in [-0.05, 0) is 6.92 Å². The van der Waals surface area contributed by atoms with E-state index in [1.54, 1.807) is 6.92 Å². The second-order valence-corrected chi connectivity index (χ2v) is 1.16. The van der Waals surface area contributed by atoms with E-state index in [1.807, 2.05) is 0 Å². The SMILES string of the molecule is C=COOC(C)OC. The zero-order valence-electron chi connectivity index (χ0n) is 5.09. The minimum Gasteiger partial charge on any atom is -0.352 e. The fourth-order valence-electron chi connectivity index (χ4n) is 0.157. The lowest BCUT2D eigenvalue weighted by Gasteiger charge is -2.05. The normalized spacial score (nSPS) is 12.8. The maximum atomic E-state index is 4.66. The molecule has 0 heterocycles. The van der Waals surface area contributed by atoms with E-state index in [2.05, 4.69) is 21.1 Å². The molecule has 0 aromatic carbocycles. The van der Waals surface area contributed by atoms with E-state index in [9.17, 15) is 0 Å². The van der Waals surface area contributed by atoms with Gasteiger partial charge >= 0.3 is 0 Å². The summed E-state index contributed by atoms with van der Waals surface area (Å²) >= 11 is 0. The largest absolute Gasteiger partial charge is 0.352 e. The standard InChI is InChI=1S/C5H10O3/c1-4-7-8-5(2)6-3/h4-5H,1H2,2-3H3. The average molecular weight is 118 g/mol. The lowest BCUT2D eigenvalue weighted by atomic mass is 10.8. The van der Waals surface area contributed by atoms with Gasteiger partial charge in [0.05, 0.1) is 0 Å². The minimum atomic E-state index is -0.340. The zero-order chi connectivity index (χ0) is 6.41. The molecule has 0 aliphatic heterocycles. The van der Waals surface area contributed by atoms with Crippen LogP contribution in [0, 0.1) is 0 Å². The summed E-state index contributed by atoms with van der Waals surface area (Å²) in [5, 5.41) is 0. The van der Waals surface area contributed by atoms with Crippen molar-refractivity contribution in [1.29, 1.82) is 0 Å². The van der Waals surface area contributed by atoms with Crippen molar-refractivity contribution in [3.8, 4) is 0 Å². The fraction of sp³-hybridized carbons (Fsp3) is 0.600. The van der Waals surface area contributed by atoms with Crippen LogP contribution in [0.15, 0.2) is 12.8 Å². The Bertz CT molecular complexity index is 62.7. The van der Waals surface area contributed by atoms with Gasteiger partial charge in [0.25, 0.3) is 0 Å². The Labute approximate surface area is 48.8 Å². The Balaban J connectivity index is 2.97. The summed E-state index contributed by atoms with van der Waals surface area (Å²) in [5.74, 6) is 0. The molecule has 0 saturated heterocycles. The van der Waals surface area contributed by atoms with Gasteiger partial charge in [-0.25, -0.2) is 0 Å². The first-order chi connectivity index (χ1) is 3.81. The van der Waals surface area contributed by atoms with Gasteiger partial charge in [-0.15, -0.1) is 0 Å². The van der Waals surface area contributed by atoms with Crippen molar-refractivity contribution in [2.45, 2.75) is 13.2 Å². The predicted octanol–water partition coefficient (Wildman–Crippen LogP) is 1.07. The molecule has 0 saturated carbocycles. The molecule has 0 aromatic heterocycles. The van der Waals surface area contributed by atoms with E-state index in [-0.39, 0.29) is 6.29 Å². The highest BCUT2D eigenvalue weighted by molar-refractivity contribution is 4.42. The number of hydrogen-bond donors (Lipinski definition) is 0. The van der Waals surface area contributed by atoms with Crippen molar-refractivity contribution < 1.29 is 14.5 Å². The summed E-state index contributed by atoms with van der Waals surface area (Å²) in [4.78, 5) is 8.83. The van der Waals surface area contributed by atoms with Gasteiger partial charge in [0.2, 0.25) is 0 Å². The summed E-state index contributed by atoms with van der Waals surface area (Å²) < 4.78 is 4.66. The topological polar surface area (TPSA) is 27.7 Å². The summed E-state index contributed by atoms with van der Waals surface area (Å²) in [6, 6.07) is 0. The predicted molar refractivity (Wildman–Crippen MR) is 28.8 cm³/mol. The molecule has 3 heteroatoms. The van der Waals surface area contributed by atoms with E-state index in [1.165, 1.54) is 13.4 Å². The van der Waals surface area contributed by atoms with Crippen LogP contribution < -0.4 is 0 Å². The fourth-order valence-corrected chi connectivity index (χ4v) is 0.157. The van der Waals surface area contributed by atoms with Gasteiger partial charge in [-0.2, -0.15) is 4.89 Å². The van der Waals surface area contributed by atoms with Crippen LogP contribution in [-0.4, -0.2) is 13.4 Å². The maximum absolute atomic E-state index is 4.66. The quantitative estimate of drug-likeness (QED) is 0.239. The molecule has 0 radical (unpaired) electrons. The lowest BCUT2D eigenvalue weighted by molar-refractivity contribution is -0.336. The number of hydrogen-bond acceptors (Lipinski definition) is 3. The van der Waals surface area contributed by atoms with E-state index >= 15 is 0 Å². The molecule has 0 fully saturated rings. The Morgan fingerprint density at radius 3 is 2.62 bits per heavy atom. The molecule has 8 heavy (non-hydrogen) atoms. The van der Waals surface area contributed by atoms with Gasteiger partial charge in [0, 0.05) is 7.11 Å². The first-order valence-electron chi connectivity index (χ1n) is 2.27. The van der Waals surface area contributed by atoms with Gasteiger partial charge in [-0.3, -0.25) is 0 Å². The highest BCUT2D eigenvalue weighted by Crippen LogP contribution is 1.90. The molecule has 48 valence electrons. The number of rotatable bonds is 4. The molecule has 0 aliphatic carbocycles. The second kappa shape index (κ2) is 4.61. The summed E-state index contributed by atoms with van der Waals surface area (Å²) in [7, 11) is 1.52. The van der Waals surface area contributed by atoms with E-state index < -0.39 is 0 Å². The average Bonchev–Trinajstić information content (AvgIpc) is 1.83. The van der Waals surface area contributed by atoms with Crippen molar-refractivity contribution >= 4 is 0 Å². The van der Waals surface area contributed by atoms with Crippen LogP contribution in [0.4, 0.5) is 0 Å². The van der Waals surface area contributed by atoms with Gasteiger partial charge in [-0.1, -0.05) is 6.58 Å². The third kappa shape index (κ3) is 3.64. The highest BCUT2D eigenvalue weighted by atomic mass is 17.2. The van der Waals surface area contributed by atoms with Crippen LogP contribution in [0.3, 0.4) is 0 Å². The van der Waals surface area contributed by atoms with E-state index in [0.29, 0.717) is 0 Å². The lowest BCUT2D eigenvalue weighted by Crippen LogP contribution is -2.08. The molecule has 0 spiro atoms. The Hall–Kier alpha value is -0.540. The number of ether oxygens (including phenoxy) is 1. The molecule has 0 aliphatic rings. The van der Waals surface area contributed by atoms with Gasteiger partial charge < -0.3 is 9.62 Å². The van der Waals surface area contributed by atoms with Crippen LogP contribution >= 0.6 is 0 Å². The molecule has 0 bridgehead atoms. The molecule has 0 amide bonds. The van der Waals surface area contributed by atoms with Crippen molar-refractivity contribution in [2.75, 3.05) is 7.11 Å². The van der Waals surface area contributed by atoms with Crippen molar-refractivity contribution in [3.05, 3.63) is 12.8 Å². The highest BCUT2D eigenvalue weighted by Gasteiger charge is 1.95. The molecule has 0 aromatic rings. The molecule has 0 rings (SSSR count). The van der Waals surface area contributed by atoms with Gasteiger partial charge in [0.1, 0.15) is 6.26 Å². The Morgan fingerprint density at radius 1 is 1.62 bits per heavy atom. The van der Waals surface area contributed by atoms with Crippen LogP contribution in [0.1, 0.15) is 6.92 Å². The van der Waals surface area contributed by atoms with Crippen LogP contribution in [0.5, 0.6) is 0 Å². The third-order valence-electron chi connectivity index (χ3n) is 0.591. The zero-order valence-corrected chi connectivity index (χ0v) is 5.09. The summed E-state index contributed by atoms with van der Waals surface area (Å²) in [5.41, 5.74) is 0. The monoisotopic (exact) mass is 118 g/mol. The first-order valence-corrected chi connectivity index (χ1v) is 2.27. The molecule has 1 atom stereocenters. The van der Waals surface area contributed by atoms with Crippen LogP contribution in [0.25, 0.3) is 0 Å². The number of methoxy groups -OCH3 is 1. The van der Waals surface area contributed by atoms with Gasteiger partial charge in [0.15, 0.2) is 6.29 Å². The molecule has 3 nitrogen and oxygen atoms in total. The van der Waals surface area contributed by atoms with Crippen molar-refractivity contribution in [1.82, 2.24) is 0 Å². The Morgan fingerprint density at radius 2 is 2.25 bits per heavy atom. The first kappa shape index (κ1) is 7.46. The Kier molecular flexibility index (Phi) is 4.30. The molecule has 1 unspecified atom stereocenters. The molecule has 0 N–H and O–H groups in total. The van der Waals surface area contributed by atoms with Crippen LogP contribution in [-0.2, 0) is 14.5 Å². The summed E-state index contributed by atoms with van der Waals surface area (Å²) in [6.45, 7) is 4.98. The van der Waals surface area contributed by atoms with E-state index in [0.717, 1.165) is 0 Å². The third-order valence-corrected chi connectivity index (χ3v) is 0.591. The second-order valence-electron chi connectivity index (χ2n) is 1.16. The molecular formula is C5H10O3. The maximum Gasteiger partial charge on any atom is 0.199 e. The van der Waals surface area contributed by atoms with Crippen LogP contribution in [0.2, 0.25) is 0 Å². The van der Waals surface area contributed by atoms with Crippen molar-refractivity contribution in [3.63, 3.8) is 0 Å². The smallest absolute Gasteiger partial charge is 0.199 e. The summed E-state index contributed by atoms with van der Waals surface area (Å²) in [6.07, 6.45) is 0.850. The molecular weight excluding hydrogens is 108 g/mol.